The molecule has 2 N–H and O–H groups in total. The molecule has 0 saturated carbocycles. The van der Waals surface area contributed by atoms with E-state index in [0.717, 1.165) is 48.7 Å². The third kappa shape index (κ3) is 2.36. The summed E-state index contributed by atoms with van der Waals surface area (Å²) < 4.78 is 1.44. The van der Waals surface area contributed by atoms with Gasteiger partial charge < -0.3 is 15.2 Å². The van der Waals surface area contributed by atoms with Crippen LogP contribution in [0.5, 0.6) is 0 Å². The van der Waals surface area contributed by atoms with Crippen molar-refractivity contribution in [2.24, 2.45) is 0 Å². The molecule has 0 aliphatic carbocycles. The first-order chi connectivity index (χ1) is 12.8. The third-order valence-electron chi connectivity index (χ3n) is 4.80. The summed E-state index contributed by atoms with van der Waals surface area (Å²) in [5, 5.41) is 7.94. The second-order valence-electron chi connectivity index (χ2n) is 6.41. The maximum Gasteiger partial charge on any atom is 0.282 e. The minimum absolute atomic E-state index is 0.140. The molecule has 4 heterocycles. The fourth-order valence-electron chi connectivity index (χ4n) is 3.43. The Hall–Kier alpha value is -3.19. The van der Waals surface area contributed by atoms with Gasteiger partial charge in [0.25, 0.3) is 5.56 Å². The number of anilines is 1. The molecule has 7 heteroatoms. The van der Waals surface area contributed by atoms with E-state index in [1.54, 1.807) is 6.20 Å². The number of rotatable bonds is 2. The number of hydrogen-bond donors (Lipinski definition) is 2. The molecule has 1 saturated heterocycles. The average Bonchev–Trinajstić information content (AvgIpc) is 3.06. The Morgan fingerprint density at radius 2 is 1.81 bits per heavy atom. The molecule has 0 amide bonds. The van der Waals surface area contributed by atoms with Crippen molar-refractivity contribution < 1.29 is 0 Å². The molecule has 0 spiro atoms. The SMILES string of the molecule is O=c1c2c[nH]c3ccc(N4CCNCC4)nc3c-2nn1-c1ccccc1. The van der Waals surface area contributed by atoms with Crippen LogP contribution in [-0.2, 0) is 0 Å². The lowest BCUT2D eigenvalue weighted by atomic mass is 10.2. The van der Waals surface area contributed by atoms with Gasteiger partial charge in [-0.25, -0.2) is 4.98 Å². The van der Waals surface area contributed by atoms with Crippen molar-refractivity contribution in [3.63, 3.8) is 0 Å². The lowest BCUT2D eigenvalue weighted by Crippen LogP contribution is -2.43. The molecule has 0 bridgehead atoms. The highest BCUT2D eigenvalue weighted by Crippen LogP contribution is 2.26. The lowest BCUT2D eigenvalue weighted by Gasteiger charge is -2.28. The van der Waals surface area contributed by atoms with Gasteiger partial charge in [0, 0.05) is 32.4 Å². The van der Waals surface area contributed by atoms with Crippen molar-refractivity contribution in [1.29, 1.82) is 0 Å². The van der Waals surface area contributed by atoms with Crippen molar-refractivity contribution in [3.05, 3.63) is 59.0 Å². The highest BCUT2D eigenvalue weighted by Gasteiger charge is 2.21. The Morgan fingerprint density at radius 1 is 1.00 bits per heavy atom. The number of para-hydroxylation sites is 1. The Morgan fingerprint density at radius 3 is 2.62 bits per heavy atom. The van der Waals surface area contributed by atoms with Gasteiger partial charge >= 0.3 is 0 Å². The lowest BCUT2D eigenvalue weighted by molar-refractivity contribution is 0.585. The zero-order valence-corrected chi connectivity index (χ0v) is 14.1. The fourth-order valence-corrected chi connectivity index (χ4v) is 3.43. The van der Waals surface area contributed by atoms with Gasteiger partial charge in [-0.15, -0.1) is 0 Å². The van der Waals surface area contributed by atoms with Gasteiger partial charge in [0.15, 0.2) is 0 Å². The van der Waals surface area contributed by atoms with E-state index in [1.165, 1.54) is 4.68 Å². The Bertz CT molecular complexity index is 1090. The number of fused-ring (bicyclic) bond motifs is 3. The van der Waals surface area contributed by atoms with E-state index in [-0.39, 0.29) is 5.56 Å². The minimum atomic E-state index is -0.140. The molecule has 3 aliphatic heterocycles. The van der Waals surface area contributed by atoms with Crippen LogP contribution in [0.3, 0.4) is 0 Å². The summed E-state index contributed by atoms with van der Waals surface area (Å²) in [6.45, 7) is 3.74. The van der Waals surface area contributed by atoms with E-state index in [1.807, 2.05) is 42.5 Å². The standard InChI is InChI=1S/C19H18N6O/c26-19-14-12-21-15-6-7-16(24-10-8-20-9-11-24)22-18(15)17(14)23-25(19)13-4-2-1-3-5-13/h1-7,12,20-21H,8-11H2. The number of H-pyrrole nitrogens is 1. The van der Waals surface area contributed by atoms with Gasteiger partial charge in [0.2, 0.25) is 0 Å². The van der Waals surface area contributed by atoms with Crippen LogP contribution in [0.25, 0.3) is 28.0 Å². The predicted molar refractivity (Wildman–Crippen MR) is 101 cm³/mol. The fraction of sp³-hybridized carbons (Fsp3) is 0.211. The first-order valence-electron chi connectivity index (χ1n) is 8.73. The Labute approximate surface area is 149 Å². The van der Waals surface area contributed by atoms with E-state index >= 15 is 0 Å². The number of pyridine rings is 2. The summed E-state index contributed by atoms with van der Waals surface area (Å²) in [5.74, 6) is 0.918. The van der Waals surface area contributed by atoms with Crippen LogP contribution < -0.4 is 15.8 Å². The van der Waals surface area contributed by atoms with Crippen molar-refractivity contribution in [2.45, 2.75) is 0 Å². The number of hydrogen-bond acceptors (Lipinski definition) is 5. The van der Waals surface area contributed by atoms with Crippen molar-refractivity contribution in [2.75, 3.05) is 31.1 Å². The number of nitrogens with one attached hydrogen (secondary N) is 2. The normalized spacial score (nSPS) is 15.0. The molecule has 0 atom stereocenters. The maximum absolute atomic E-state index is 12.8. The van der Waals surface area contributed by atoms with Gasteiger partial charge in [0.05, 0.1) is 16.8 Å². The molecule has 26 heavy (non-hydrogen) atoms. The quantitative estimate of drug-likeness (QED) is 0.577. The van der Waals surface area contributed by atoms with Crippen molar-refractivity contribution in [3.8, 4) is 16.9 Å². The predicted octanol–water partition coefficient (Wildman–Crippen LogP) is 1.62. The van der Waals surface area contributed by atoms with Gasteiger partial charge in [-0.05, 0) is 24.3 Å². The number of aromatic amines is 1. The monoisotopic (exact) mass is 346 g/mol. The first-order valence-corrected chi connectivity index (χ1v) is 8.73. The number of nitrogens with zero attached hydrogens (tertiary/aromatic N) is 4. The summed E-state index contributed by atoms with van der Waals surface area (Å²) in [4.78, 5) is 23.1. The molecule has 5 rings (SSSR count). The van der Waals surface area contributed by atoms with Crippen LogP contribution in [0, 0.1) is 0 Å². The van der Waals surface area contributed by atoms with Gasteiger partial charge in [-0.1, -0.05) is 18.2 Å². The number of benzene rings is 1. The third-order valence-corrected chi connectivity index (χ3v) is 4.80. The highest BCUT2D eigenvalue weighted by molar-refractivity contribution is 5.91. The largest absolute Gasteiger partial charge is 0.359 e. The molecule has 1 aromatic carbocycles. The van der Waals surface area contributed by atoms with Gasteiger partial charge in [0.1, 0.15) is 17.0 Å². The summed E-state index contributed by atoms with van der Waals surface area (Å²) >= 11 is 0. The number of aromatic nitrogens is 4. The molecule has 130 valence electrons. The average molecular weight is 346 g/mol. The molecule has 1 fully saturated rings. The molecule has 0 unspecified atom stereocenters. The molecular weight excluding hydrogens is 328 g/mol. The van der Waals surface area contributed by atoms with E-state index in [0.29, 0.717) is 11.3 Å². The van der Waals surface area contributed by atoms with Crippen LogP contribution >= 0.6 is 0 Å². The smallest absolute Gasteiger partial charge is 0.282 e. The van der Waals surface area contributed by atoms with Crippen LogP contribution in [-0.4, -0.2) is 45.9 Å². The van der Waals surface area contributed by atoms with Crippen LogP contribution in [0.2, 0.25) is 0 Å². The van der Waals surface area contributed by atoms with Crippen LogP contribution in [0.15, 0.2) is 53.5 Å². The highest BCUT2D eigenvalue weighted by atomic mass is 16.1. The van der Waals surface area contributed by atoms with Crippen molar-refractivity contribution in [1.82, 2.24) is 25.1 Å². The Balaban J connectivity index is 1.70. The van der Waals surface area contributed by atoms with Crippen LogP contribution in [0.4, 0.5) is 5.82 Å². The maximum atomic E-state index is 12.8. The molecule has 0 radical (unpaired) electrons. The summed E-state index contributed by atoms with van der Waals surface area (Å²) in [6.07, 6.45) is 1.72. The van der Waals surface area contributed by atoms with E-state index in [4.69, 9.17) is 4.98 Å². The minimum Gasteiger partial charge on any atom is -0.359 e. The Kier molecular flexibility index (Phi) is 3.46. The summed E-state index contributed by atoms with van der Waals surface area (Å²) in [5.41, 5.74) is 3.38. The second kappa shape index (κ2) is 5.96. The van der Waals surface area contributed by atoms with E-state index in [9.17, 15) is 4.79 Å². The topological polar surface area (TPSA) is 78.8 Å². The van der Waals surface area contributed by atoms with Gasteiger partial charge in [-0.2, -0.15) is 9.78 Å². The second-order valence-corrected chi connectivity index (χ2v) is 6.41. The molecule has 7 nitrogen and oxygen atoms in total. The molecule has 3 aliphatic rings. The molecule has 2 aromatic rings. The summed E-state index contributed by atoms with van der Waals surface area (Å²) in [7, 11) is 0. The number of piperazine rings is 1. The molecule has 1 aromatic heterocycles. The molecular formula is C19H18N6O. The van der Waals surface area contributed by atoms with E-state index < -0.39 is 0 Å². The zero-order chi connectivity index (χ0) is 17.5. The van der Waals surface area contributed by atoms with Gasteiger partial charge in [-0.3, -0.25) is 4.79 Å². The first kappa shape index (κ1) is 15.1. The van der Waals surface area contributed by atoms with E-state index in [2.05, 4.69) is 20.3 Å². The summed E-state index contributed by atoms with van der Waals surface area (Å²) in [6, 6.07) is 13.5. The van der Waals surface area contributed by atoms with Crippen LogP contribution in [0.1, 0.15) is 0 Å². The zero-order valence-electron chi connectivity index (χ0n) is 14.1. The van der Waals surface area contributed by atoms with Crippen molar-refractivity contribution >= 4 is 16.9 Å².